The summed E-state index contributed by atoms with van der Waals surface area (Å²) in [5.74, 6) is -5.80. The molecule has 2 heterocycles. The van der Waals surface area contributed by atoms with Gasteiger partial charge in [-0.05, 0) is 25.0 Å². The van der Waals surface area contributed by atoms with Crippen molar-refractivity contribution in [2.24, 2.45) is 5.92 Å². The first-order valence-electron chi connectivity index (χ1n) is 8.56. The Bertz CT molecular complexity index is 924. The Kier molecular flexibility index (Phi) is 4.95. The van der Waals surface area contributed by atoms with Gasteiger partial charge in [-0.15, -0.1) is 0 Å². The highest BCUT2D eigenvalue weighted by Gasteiger charge is 2.45. The molecule has 3 N–H and O–H groups in total. The van der Waals surface area contributed by atoms with Crippen LogP contribution in [0.2, 0.25) is 0 Å². The number of nitrogens with one attached hydrogen (secondary N) is 2. The lowest BCUT2D eigenvalue weighted by Gasteiger charge is -2.27. The van der Waals surface area contributed by atoms with Gasteiger partial charge in [-0.1, -0.05) is 12.1 Å². The third-order valence-electron chi connectivity index (χ3n) is 4.77. The van der Waals surface area contributed by atoms with Crippen LogP contribution in [0.3, 0.4) is 0 Å². The number of amides is 5. The zero-order chi connectivity index (χ0) is 20.6. The molecule has 0 aromatic heterocycles. The van der Waals surface area contributed by atoms with E-state index < -0.39 is 47.5 Å². The Labute approximate surface area is 158 Å². The number of benzene rings is 1. The number of piperidine rings is 1. The van der Waals surface area contributed by atoms with Crippen molar-refractivity contribution in [3.05, 3.63) is 34.9 Å². The van der Waals surface area contributed by atoms with Crippen molar-refractivity contribution in [3.63, 3.8) is 0 Å². The molecule has 0 saturated carbocycles. The van der Waals surface area contributed by atoms with E-state index in [0.717, 1.165) is 4.90 Å². The maximum absolute atomic E-state index is 12.9. The Balaban J connectivity index is 1.84. The molecule has 10 nitrogen and oxygen atoms in total. The number of aliphatic carboxylic acids is 1. The lowest BCUT2D eigenvalue weighted by molar-refractivity contribution is -0.146. The zero-order valence-corrected chi connectivity index (χ0v) is 14.9. The highest BCUT2D eigenvalue weighted by molar-refractivity contribution is 6.24. The van der Waals surface area contributed by atoms with Crippen LogP contribution >= 0.6 is 0 Å². The van der Waals surface area contributed by atoms with Crippen molar-refractivity contribution < 1.29 is 33.9 Å². The molecule has 1 saturated heterocycles. The lowest BCUT2D eigenvalue weighted by atomic mass is 10.0. The molecule has 1 aromatic rings. The van der Waals surface area contributed by atoms with Crippen LogP contribution in [0, 0.1) is 5.92 Å². The van der Waals surface area contributed by atoms with E-state index >= 15 is 0 Å². The molecule has 1 fully saturated rings. The number of carboxylic acid groups (broad SMARTS) is 1. The van der Waals surface area contributed by atoms with Crippen LogP contribution < -0.4 is 10.6 Å². The second-order valence-corrected chi connectivity index (χ2v) is 6.56. The lowest BCUT2D eigenvalue weighted by Crippen LogP contribution is -2.54. The maximum Gasteiger partial charge on any atom is 0.315 e. The van der Waals surface area contributed by atoms with Gasteiger partial charge in [-0.2, -0.15) is 0 Å². The van der Waals surface area contributed by atoms with Crippen LogP contribution in [0.5, 0.6) is 0 Å². The zero-order valence-electron chi connectivity index (χ0n) is 14.9. The van der Waals surface area contributed by atoms with Gasteiger partial charge in [0.2, 0.25) is 17.7 Å². The van der Waals surface area contributed by atoms with Crippen molar-refractivity contribution in [1.29, 1.82) is 0 Å². The van der Waals surface area contributed by atoms with Gasteiger partial charge in [-0.3, -0.25) is 39.0 Å². The highest BCUT2D eigenvalue weighted by atomic mass is 16.4. The molecule has 2 atom stereocenters. The Morgan fingerprint density at radius 1 is 1.25 bits per heavy atom. The molecule has 2 aliphatic rings. The normalized spacial score (nSPS) is 19.9. The second kappa shape index (κ2) is 7.22. The van der Waals surface area contributed by atoms with Crippen molar-refractivity contribution in [2.45, 2.75) is 32.4 Å². The van der Waals surface area contributed by atoms with Gasteiger partial charge in [0.15, 0.2) is 0 Å². The summed E-state index contributed by atoms with van der Waals surface area (Å²) < 4.78 is 0. The molecule has 0 radical (unpaired) electrons. The van der Waals surface area contributed by atoms with Gasteiger partial charge < -0.3 is 10.4 Å². The summed E-state index contributed by atoms with van der Waals surface area (Å²) in [5, 5.41) is 13.4. The minimum Gasteiger partial charge on any atom is -0.481 e. The van der Waals surface area contributed by atoms with Crippen LogP contribution in [0.4, 0.5) is 0 Å². The average Bonchev–Trinajstić information content (AvgIpc) is 2.90. The Morgan fingerprint density at radius 3 is 2.61 bits per heavy atom. The summed E-state index contributed by atoms with van der Waals surface area (Å²) in [6.45, 7) is 1.08. The number of fused-ring (bicyclic) bond motifs is 1. The SMILES string of the molecule is CC(C(=O)O)C(=O)NCc1cccc2c1C(=O)N(C1CCC(=O)NC1=O)C2=O. The Morgan fingerprint density at radius 2 is 1.96 bits per heavy atom. The van der Waals surface area contributed by atoms with E-state index in [9.17, 15) is 28.8 Å². The van der Waals surface area contributed by atoms with Crippen molar-refractivity contribution in [2.75, 3.05) is 0 Å². The van der Waals surface area contributed by atoms with E-state index in [4.69, 9.17) is 5.11 Å². The summed E-state index contributed by atoms with van der Waals surface area (Å²) in [6, 6.07) is 3.41. The number of hydrogen-bond acceptors (Lipinski definition) is 6. The molecule has 10 heteroatoms. The predicted octanol–water partition coefficient (Wildman–Crippen LogP) is -0.575. The molecule has 5 amide bonds. The van der Waals surface area contributed by atoms with E-state index in [0.29, 0.717) is 5.56 Å². The summed E-state index contributed by atoms with van der Waals surface area (Å²) in [5.41, 5.74) is 0.477. The minimum atomic E-state index is -1.29. The monoisotopic (exact) mass is 387 g/mol. The van der Waals surface area contributed by atoms with Crippen LogP contribution in [0.25, 0.3) is 0 Å². The second-order valence-electron chi connectivity index (χ2n) is 6.56. The van der Waals surface area contributed by atoms with Crippen molar-refractivity contribution in [3.8, 4) is 0 Å². The van der Waals surface area contributed by atoms with E-state index in [2.05, 4.69) is 10.6 Å². The molecule has 28 heavy (non-hydrogen) atoms. The van der Waals surface area contributed by atoms with Crippen molar-refractivity contribution in [1.82, 2.24) is 15.5 Å². The quantitative estimate of drug-likeness (QED) is 0.452. The van der Waals surface area contributed by atoms with Gasteiger partial charge in [-0.25, -0.2) is 0 Å². The van der Waals surface area contributed by atoms with E-state index in [-0.39, 0.29) is 30.5 Å². The fourth-order valence-electron chi connectivity index (χ4n) is 3.18. The molecule has 2 unspecified atom stereocenters. The number of rotatable bonds is 5. The number of hydrogen-bond donors (Lipinski definition) is 3. The van der Waals surface area contributed by atoms with Gasteiger partial charge >= 0.3 is 5.97 Å². The van der Waals surface area contributed by atoms with Gasteiger partial charge in [0.1, 0.15) is 12.0 Å². The third kappa shape index (κ3) is 3.24. The van der Waals surface area contributed by atoms with Crippen LogP contribution in [-0.2, 0) is 25.7 Å². The summed E-state index contributed by atoms with van der Waals surface area (Å²) in [7, 11) is 0. The molecular formula is C18H17N3O7. The highest BCUT2D eigenvalue weighted by Crippen LogP contribution is 2.29. The first kappa shape index (κ1) is 19.2. The standard InChI is InChI=1S/C18H17N3O7/c1-8(18(27)28)14(23)19-7-9-3-2-4-10-13(9)17(26)21(16(10)25)11-5-6-12(22)20-15(11)24/h2-4,8,11H,5-7H2,1H3,(H,19,23)(H,27,28)(H,20,22,24). The number of imide groups is 2. The minimum absolute atomic E-state index is 0.0137. The molecule has 0 bridgehead atoms. The first-order chi connectivity index (χ1) is 13.2. The number of carboxylic acids is 1. The van der Waals surface area contributed by atoms with E-state index in [1.54, 1.807) is 0 Å². The molecule has 1 aromatic carbocycles. The number of carbonyl (C=O) groups excluding carboxylic acids is 5. The number of nitrogens with zero attached hydrogens (tertiary/aromatic N) is 1. The molecule has 0 spiro atoms. The molecular weight excluding hydrogens is 370 g/mol. The average molecular weight is 387 g/mol. The van der Waals surface area contributed by atoms with Gasteiger partial charge in [0.25, 0.3) is 11.8 Å². The summed E-state index contributed by atoms with van der Waals surface area (Å²) in [4.78, 5) is 72.5. The summed E-state index contributed by atoms with van der Waals surface area (Å²) >= 11 is 0. The van der Waals surface area contributed by atoms with Crippen LogP contribution in [-0.4, -0.2) is 51.6 Å². The fourth-order valence-corrected chi connectivity index (χ4v) is 3.18. The summed E-state index contributed by atoms with van der Waals surface area (Å²) in [6.07, 6.45) is 0.0537. The van der Waals surface area contributed by atoms with Crippen molar-refractivity contribution >= 4 is 35.5 Å². The predicted molar refractivity (Wildman–Crippen MR) is 91.8 cm³/mol. The van der Waals surface area contributed by atoms with Gasteiger partial charge in [0, 0.05) is 13.0 Å². The van der Waals surface area contributed by atoms with E-state index in [1.807, 2.05) is 0 Å². The molecule has 146 valence electrons. The fraction of sp³-hybridized carbons (Fsp3) is 0.333. The topological polar surface area (TPSA) is 150 Å². The van der Waals surface area contributed by atoms with Gasteiger partial charge in [0.05, 0.1) is 11.1 Å². The van der Waals surface area contributed by atoms with Crippen LogP contribution in [0.1, 0.15) is 46.0 Å². The Hall–Kier alpha value is -3.56. The van der Waals surface area contributed by atoms with Crippen LogP contribution in [0.15, 0.2) is 18.2 Å². The molecule has 2 aliphatic heterocycles. The smallest absolute Gasteiger partial charge is 0.315 e. The molecule has 0 aliphatic carbocycles. The maximum atomic E-state index is 12.9. The first-order valence-corrected chi connectivity index (χ1v) is 8.56. The molecule has 3 rings (SSSR count). The number of carbonyl (C=O) groups is 6. The largest absolute Gasteiger partial charge is 0.481 e. The van der Waals surface area contributed by atoms with E-state index in [1.165, 1.54) is 25.1 Å². The third-order valence-corrected chi connectivity index (χ3v) is 4.77.